The van der Waals surface area contributed by atoms with Crippen molar-refractivity contribution >= 4 is 11.9 Å². The molecule has 0 aliphatic carbocycles. The maximum Gasteiger partial charge on any atom is 0.0991 e. The van der Waals surface area contributed by atoms with Crippen LogP contribution in [-0.2, 0) is 0 Å². The molecule has 1 aromatic carbocycles. The van der Waals surface area contributed by atoms with E-state index in [2.05, 4.69) is 18.0 Å². The number of nitrogens with zero attached hydrogens (tertiary/aromatic N) is 2. The summed E-state index contributed by atoms with van der Waals surface area (Å²) < 4.78 is 0. The number of rotatable bonds is 0. The van der Waals surface area contributed by atoms with Gasteiger partial charge in [0, 0.05) is 12.1 Å². The summed E-state index contributed by atoms with van der Waals surface area (Å²) in [4.78, 5) is 4.22. The van der Waals surface area contributed by atoms with Crippen molar-refractivity contribution in [2.24, 2.45) is 4.99 Å². The van der Waals surface area contributed by atoms with Crippen molar-refractivity contribution in [2.45, 2.75) is 12.8 Å². The first-order chi connectivity index (χ1) is 5.81. The highest BCUT2D eigenvalue weighted by atomic mass is 14.8. The highest BCUT2D eigenvalue weighted by molar-refractivity contribution is 5.80. The highest BCUT2D eigenvalue weighted by Gasteiger charge is 2.13. The Hall–Kier alpha value is -1.62. The number of nitriles is 1. The first-order valence-corrected chi connectivity index (χ1v) is 3.89. The minimum atomic E-state index is 0.355. The third-order valence-electron chi connectivity index (χ3n) is 2.08. The second-order valence-electron chi connectivity index (χ2n) is 2.95. The maximum absolute atomic E-state index is 8.66. The summed E-state index contributed by atoms with van der Waals surface area (Å²) in [6, 6.07) is 7.73. The Bertz CT molecular complexity index is 385. The summed E-state index contributed by atoms with van der Waals surface area (Å²) in [5.74, 6) is 0.355. The Balaban J connectivity index is 2.57. The lowest BCUT2D eigenvalue weighted by atomic mass is 10.0. The molecule has 2 rings (SSSR count). The third-order valence-corrected chi connectivity index (χ3v) is 2.08. The Morgan fingerprint density at radius 3 is 3.08 bits per heavy atom. The van der Waals surface area contributed by atoms with Crippen molar-refractivity contribution < 1.29 is 0 Å². The second kappa shape index (κ2) is 2.46. The molecule has 0 aromatic heterocycles. The van der Waals surface area contributed by atoms with E-state index in [-0.39, 0.29) is 0 Å². The number of aliphatic imine (C=N–C) groups is 1. The van der Waals surface area contributed by atoms with Crippen LogP contribution in [0.25, 0.3) is 0 Å². The average Bonchev–Trinajstić information content (AvgIpc) is 2.47. The van der Waals surface area contributed by atoms with E-state index in [1.807, 2.05) is 18.3 Å². The average molecular weight is 156 g/mol. The van der Waals surface area contributed by atoms with Crippen molar-refractivity contribution in [1.29, 1.82) is 5.26 Å². The van der Waals surface area contributed by atoms with Gasteiger partial charge in [0.1, 0.15) is 0 Å². The van der Waals surface area contributed by atoms with Crippen LogP contribution in [0.2, 0.25) is 0 Å². The summed E-state index contributed by atoms with van der Waals surface area (Å²) >= 11 is 0. The van der Waals surface area contributed by atoms with Crippen molar-refractivity contribution in [1.82, 2.24) is 0 Å². The van der Waals surface area contributed by atoms with E-state index in [1.165, 1.54) is 0 Å². The fourth-order valence-electron chi connectivity index (χ4n) is 1.38. The van der Waals surface area contributed by atoms with E-state index in [1.54, 1.807) is 6.07 Å². The molecule has 0 spiro atoms. The molecule has 1 heterocycles. The van der Waals surface area contributed by atoms with E-state index < -0.39 is 0 Å². The van der Waals surface area contributed by atoms with Gasteiger partial charge in [0.05, 0.1) is 17.3 Å². The van der Waals surface area contributed by atoms with Crippen molar-refractivity contribution in [3.05, 3.63) is 29.3 Å². The van der Waals surface area contributed by atoms with Gasteiger partial charge in [-0.25, -0.2) is 0 Å². The van der Waals surface area contributed by atoms with Crippen LogP contribution in [0.15, 0.2) is 23.2 Å². The highest BCUT2D eigenvalue weighted by Crippen LogP contribution is 2.31. The van der Waals surface area contributed by atoms with Crippen molar-refractivity contribution in [3.8, 4) is 6.07 Å². The number of hydrogen-bond donors (Lipinski definition) is 0. The Morgan fingerprint density at radius 2 is 2.33 bits per heavy atom. The monoisotopic (exact) mass is 156 g/mol. The van der Waals surface area contributed by atoms with Gasteiger partial charge in [-0.15, -0.1) is 0 Å². The lowest BCUT2D eigenvalue weighted by Gasteiger charge is -2.01. The first kappa shape index (κ1) is 7.05. The van der Waals surface area contributed by atoms with Crippen LogP contribution < -0.4 is 0 Å². The first-order valence-electron chi connectivity index (χ1n) is 3.89. The summed E-state index contributed by atoms with van der Waals surface area (Å²) in [6.45, 7) is 2.08. The van der Waals surface area contributed by atoms with Crippen molar-refractivity contribution in [3.63, 3.8) is 0 Å². The molecule has 0 saturated heterocycles. The number of hydrogen-bond acceptors (Lipinski definition) is 2. The topological polar surface area (TPSA) is 36.1 Å². The number of fused-ring (bicyclic) bond motifs is 1. The molecular formula is C10H8N2. The molecule has 2 nitrogen and oxygen atoms in total. The van der Waals surface area contributed by atoms with Gasteiger partial charge >= 0.3 is 0 Å². The molecule has 0 fully saturated rings. The molecule has 1 unspecified atom stereocenters. The molecule has 1 aliphatic rings. The summed E-state index contributed by atoms with van der Waals surface area (Å²) in [6.07, 6.45) is 1.91. The van der Waals surface area contributed by atoms with Crippen LogP contribution >= 0.6 is 0 Å². The van der Waals surface area contributed by atoms with Crippen LogP contribution in [0.1, 0.15) is 24.0 Å². The smallest absolute Gasteiger partial charge is 0.0991 e. The third kappa shape index (κ3) is 0.911. The van der Waals surface area contributed by atoms with Gasteiger partial charge in [0.25, 0.3) is 0 Å². The molecule has 1 atom stereocenters. The van der Waals surface area contributed by atoms with Crippen molar-refractivity contribution in [2.75, 3.05) is 0 Å². The van der Waals surface area contributed by atoms with Crippen LogP contribution in [0, 0.1) is 11.3 Å². The molecule has 2 heteroatoms. The molecule has 0 N–H and O–H groups in total. The van der Waals surface area contributed by atoms with E-state index >= 15 is 0 Å². The Kier molecular flexibility index (Phi) is 1.44. The zero-order valence-corrected chi connectivity index (χ0v) is 6.78. The summed E-state index contributed by atoms with van der Waals surface area (Å²) in [7, 11) is 0. The Labute approximate surface area is 71.2 Å². The fraction of sp³-hybridized carbons (Fsp3) is 0.200. The minimum Gasteiger partial charge on any atom is -0.260 e. The largest absolute Gasteiger partial charge is 0.260 e. The van der Waals surface area contributed by atoms with Crippen LogP contribution in [0.5, 0.6) is 0 Å². The number of benzene rings is 1. The predicted octanol–water partition coefficient (Wildman–Crippen LogP) is 2.38. The molecular weight excluding hydrogens is 148 g/mol. The SMILES string of the molecule is CC1C=Nc2ccc(C#N)cc21. The normalized spacial score (nSPS) is 18.8. The maximum atomic E-state index is 8.66. The van der Waals surface area contributed by atoms with Gasteiger partial charge in [-0.3, -0.25) is 4.99 Å². The van der Waals surface area contributed by atoms with E-state index in [0.29, 0.717) is 11.5 Å². The second-order valence-corrected chi connectivity index (χ2v) is 2.95. The van der Waals surface area contributed by atoms with Crippen LogP contribution in [-0.4, -0.2) is 6.21 Å². The fourth-order valence-corrected chi connectivity index (χ4v) is 1.38. The van der Waals surface area contributed by atoms with Gasteiger partial charge in [0.2, 0.25) is 0 Å². The summed E-state index contributed by atoms with van der Waals surface area (Å²) in [5.41, 5.74) is 2.88. The lowest BCUT2D eigenvalue weighted by molar-refractivity contribution is 1.08. The van der Waals surface area contributed by atoms with Gasteiger partial charge in [-0.05, 0) is 23.8 Å². The van der Waals surface area contributed by atoms with Gasteiger partial charge in [-0.1, -0.05) is 6.92 Å². The lowest BCUT2D eigenvalue weighted by Crippen LogP contribution is -1.88. The van der Waals surface area contributed by atoms with Gasteiger partial charge in [0.15, 0.2) is 0 Å². The molecule has 1 aliphatic heterocycles. The van der Waals surface area contributed by atoms with E-state index in [9.17, 15) is 0 Å². The van der Waals surface area contributed by atoms with E-state index in [4.69, 9.17) is 5.26 Å². The Morgan fingerprint density at radius 1 is 1.50 bits per heavy atom. The molecule has 0 saturated carbocycles. The molecule has 0 amide bonds. The molecule has 12 heavy (non-hydrogen) atoms. The van der Waals surface area contributed by atoms with E-state index in [0.717, 1.165) is 11.3 Å². The molecule has 0 bridgehead atoms. The summed E-state index contributed by atoms with van der Waals surface area (Å²) in [5, 5.41) is 8.66. The van der Waals surface area contributed by atoms with Crippen LogP contribution in [0.4, 0.5) is 5.69 Å². The zero-order valence-electron chi connectivity index (χ0n) is 6.78. The zero-order chi connectivity index (χ0) is 8.55. The standard InChI is InChI=1S/C10H8N2/c1-7-6-12-10-3-2-8(5-11)4-9(7)10/h2-4,6-7H,1H3. The molecule has 58 valence electrons. The quantitative estimate of drug-likeness (QED) is 0.568. The molecule has 0 radical (unpaired) electrons. The van der Waals surface area contributed by atoms with Gasteiger partial charge in [-0.2, -0.15) is 5.26 Å². The molecule has 1 aromatic rings. The minimum absolute atomic E-state index is 0.355. The van der Waals surface area contributed by atoms with Crippen LogP contribution in [0.3, 0.4) is 0 Å². The predicted molar refractivity (Wildman–Crippen MR) is 47.7 cm³/mol. The van der Waals surface area contributed by atoms with Gasteiger partial charge < -0.3 is 0 Å².